The van der Waals surface area contributed by atoms with Crippen LogP contribution in [0, 0.1) is 12.3 Å². The molecule has 1 N–H and O–H groups in total. The average molecular weight is 201 g/mol. The highest BCUT2D eigenvalue weighted by Crippen LogP contribution is 2.54. The molecule has 3 rings (SSSR count). The predicted octanol–water partition coefficient (Wildman–Crippen LogP) is 2.77. The first-order valence-electron chi connectivity index (χ1n) is 5.55. The Labute approximate surface area is 89.7 Å². The Morgan fingerprint density at radius 3 is 2.80 bits per heavy atom. The summed E-state index contributed by atoms with van der Waals surface area (Å²) in [6.45, 7) is 4.15. The van der Waals surface area contributed by atoms with E-state index in [9.17, 15) is 4.79 Å². The van der Waals surface area contributed by atoms with Gasteiger partial charge in [-0.3, -0.25) is 4.79 Å². The summed E-state index contributed by atoms with van der Waals surface area (Å²) in [5.74, 6) is 0.354. The van der Waals surface area contributed by atoms with Crippen molar-refractivity contribution in [3.05, 3.63) is 29.3 Å². The number of hydrogen-bond donors (Lipinski definition) is 1. The lowest BCUT2D eigenvalue weighted by Crippen LogP contribution is -2.39. The van der Waals surface area contributed by atoms with Crippen molar-refractivity contribution in [1.82, 2.24) is 0 Å². The van der Waals surface area contributed by atoms with Crippen LogP contribution in [0.5, 0.6) is 0 Å². The van der Waals surface area contributed by atoms with E-state index < -0.39 is 0 Å². The van der Waals surface area contributed by atoms with Crippen LogP contribution in [0.4, 0.5) is 5.69 Å². The van der Waals surface area contributed by atoms with E-state index in [-0.39, 0.29) is 5.41 Å². The molecular weight excluding hydrogens is 186 g/mol. The highest BCUT2D eigenvalue weighted by Gasteiger charge is 2.56. The smallest absolute Gasteiger partial charge is 0.173 e. The fourth-order valence-corrected chi connectivity index (χ4v) is 2.60. The van der Waals surface area contributed by atoms with Crippen LogP contribution in [-0.4, -0.2) is 11.8 Å². The molecule has 2 nitrogen and oxygen atoms in total. The Bertz CT molecular complexity index is 446. The third-order valence-electron chi connectivity index (χ3n) is 3.86. The molecule has 0 bridgehead atoms. The van der Waals surface area contributed by atoms with E-state index in [0.717, 1.165) is 29.7 Å². The van der Waals surface area contributed by atoms with Gasteiger partial charge in [-0.1, -0.05) is 11.6 Å². The zero-order chi connectivity index (χ0) is 10.6. The number of fused-ring (bicyclic) bond motifs is 1. The third-order valence-corrected chi connectivity index (χ3v) is 3.86. The molecule has 0 aromatic heterocycles. The topological polar surface area (TPSA) is 29.1 Å². The molecular formula is C13H15NO. The Balaban J connectivity index is 2.15. The molecule has 1 saturated carbocycles. The molecule has 1 aliphatic heterocycles. The van der Waals surface area contributed by atoms with Crippen LogP contribution >= 0.6 is 0 Å². The van der Waals surface area contributed by atoms with Gasteiger partial charge in [-0.15, -0.1) is 0 Å². The second kappa shape index (κ2) is 2.63. The molecule has 2 aliphatic rings. The fraction of sp³-hybridized carbons (Fsp3) is 0.462. The van der Waals surface area contributed by atoms with Gasteiger partial charge in [0, 0.05) is 17.3 Å². The maximum Gasteiger partial charge on any atom is 0.173 e. The van der Waals surface area contributed by atoms with E-state index in [0.29, 0.717) is 11.8 Å². The lowest BCUT2D eigenvalue weighted by atomic mass is 9.83. The lowest BCUT2D eigenvalue weighted by Gasteiger charge is -2.31. The Hall–Kier alpha value is -1.31. The molecule has 15 heavy (non-hydrogen) atoms. The quantitative estimate of drug-likeness (QED) is 0.699. The SMILES string of the molecule is Cc1ccc2c(c1)C(=O)C1(CC1)C(C)N2. The molecule has 1 spiro atoms. The van der Waals surface area contributed by atoms with Crippen LogP contribution in [0.25, 0.3) is 0 Å². The second-order valence-corrected chi connectivity index (χ2v) is 4.90. The summed E-state index contributed by atoms with van der Waals surface area (Å²) in [4.78, 5) is 12.3. The number of carbonyl (C=O) groups excluding carboxylic acids is 1. The molecule has 1 fully saturated rings. The third kappa shape index (κ3) is 1.08. The zero-order valence-electron chi connectivity index (χ0n) is 9.13. The van der Waals surface area contributed by atoms with E-state index in [4.69, 9.17) is 0 Å². The van der Waals surface area contributed by atoms with Gasteiger partial charge in [-0.2, -0.15) is 0 Å². The summed E-state index contributed by atoms with van der Waals surface area (Å²) in [6.07, 6.45) is 2.10. The molecule has 1 heterocycles. The van der Waals surface area contributed by atoms with Gasteiger partial charge in [-0.05, 0) is 38.8 Å². The van der Waals surface area contributed by atoms with Gasteiger partial charge in [0.25, 0.3) is 0 Å². The van der Waals surface area contributed by atoms with Crippen molar-refractivity contribution in [2.24, 2.45) is 5.41 Å². The molecule has 1 aromatic carbocycles. The number of hydrogen-bond acceptors (Lipinski definition) is 2. The number of ketones is 1. The molecule has 0 saturated heterocycles. The summed E-state index contributed by atoms with van der Waals surface area (Å²) in [7, 11) is 0. The van der Waals surface area contributed by atoms with Gasteiger partial charge in [0.2, 0.25) is 0 Å². The van der Waals surface area contributed by atoms with Crippen molar-refractivity contribution in [1.29, 1.82) is 0 Å². The summed E-state index contributed by atoms with van der Waals surface area (Å²) < 4.78 is 0. The van der Waals surface area contributed by atoms with Crippen molar-refractivity contribution in [2.75, 3.05) is 5.32 Å². The van der Waals surface area contributed by atoms with Crippen LogP contribution in [0.3, 0.4) is 0 Å². The van der Waals surface area contributed by atoms with E-state index in [2.05, 4.69) is 18.3 Å². The van der Waals surface area contributed by atoms with Gasteiger partial charge in [-0.25, -0.2) is 0 Å². The van der Waals surface area contributed by atoms with Gasteiger partial charge >= 0.3 is 0 Å². The first kappa shape index (κ1) is 8.96. The van der Waals surface area contributed by atoms with Crippen LogP contribution in [0.15, 0.2) is 18.2 Å². The maximum atomic E-state index is 12.3. The number of rotatable bonds is 0. The number of carbonyl (C=O) groups is 1. The monoisotopic (exact) mass is 201 g/mol. The normalized spacial score (nSPS) is 26.0. The van der Waals surface area contributed by atoms with Gasteiger partial charge < -0.3 is 5.32 Å². The van der Waals surface area contributed by atoms with Crippen molar-refractivity contribution in [2.45, 2.75) is 32.7 Å². The zero-order valence-corrected chi connectivity index (χ0v) is 9.13. The minimum atomic E-state index is -0.0687. The molecule has 0 radical (unpaired) electrons. The summed E-state index contributed by atoms with van der Waals surface area (Å²) >= 11 is 0. The summed E-state index contributed by atoms with van der Waals surface area (Å²) in [5, 5.41) is 3.45. The second-order valence-electron chi connectivity index (χ2n) is 4.90. The van der Waals surface area contributed by atoms with Crippen LogP contribution in [0.2, 0.25) is 0 Å². The number of aryl methyl sites for hydroxylation is 1. The number of nitrogens with one attached hydrogen (secondary N) is 1. The fourth-order valence-electron chi connectivity index (χ4n) is 2.60. The maximum absolute atomic E-state index is 12.3. The molecule has 2 heteroatoms. The van der Waals surface area contributed by atoms with Crippen LogP contribution in [0.1, 0.15) is 35.7 Å². The molecule has 1 atom stereocenters. The Morgan fingerprint density at radius 2 is 2.13 bits per heavy atom. The van der Waals surface area contributed by atoms with E-state index in [1.165, 1.54) is 0 Å². The average Bonchev–Trinajstić information content (AvgIpc) is 2.99. The van der Waals surface area contributed by atoms with Crippen molar-refractivity contribution in [3.63, 3.8) is 0 Å². The molecule has 1 unspecified atom stereocenters. The standard InChI is InChI=1S/C13H15NO/c1-8-3-4-11-10(7-8)12(15)13(5-6-13)9(2)14-11/h3-4,7,9,14H,5-6H2,1-2H3. The highest BCUT2D eigenvalue weighted by atomic mass is 16.1. The van der Waals surface area contributed by atoms with E-state index in [1.807, 2.05) is 19.1 Å². The first-order valence-corrected chi connectivity index (χ1v) is 5.55. The number of Topliss-reactive ketones (excluding diaryl/α,β-unsaturated/α-hetero) is 1. The predicted molar refractivity (Wildman–Crippen MR) is 60.3 cm³/mol. The number of anilines is 1. The first-order chi connectivity index (χ1) is 7.13. The van der Waals surface area contributed by atoms with Crippen molar-refractivity contribution in [3.8, 4) is 0 Å². The van der Waals surface area contributed by atoms with Gasteiger partial charge in [0.05, 0.1) is 5.41 Å². The van der Waals surface area contributed by atoms with Crippen LogP contribution in [-0.2, 0) is 0 Å². The van der Waals surface area contributed by atoms with Crippen molar-refractivity contribution >= 4 is 11.5 Å². The largest absolute Gasteiger partial charge is 0.381 e. The van der Waals surface area contributed by atoms with E-state index >= 15 is 0 Å². The van der Waals surface area contributed by atoms with Gasteiger partial charge in [0.1, 0.15) is 0 Å². The summed E-state index contributed by atoms with van der Waals surface area (Å²) in [6, 6.07) is 6.38. The summed E-state index contributed by atoms with van der Waals surface area (Å²) in [5.41, 5.74) is 3.00. The Morgan fingerprint density at radius 1 is 1.40 bits per heavy atom. The van der Waals surface area contributed by atoms with E-state index in [1.54, 1.807) is 0 Å². The van der Waals surface area contributed by atoms with Crippen molar-refractivity contribution < 1.29 is 4.79 Å². The lowest BCUT2D eigenvalue weighted by molar-refractivity contribution is 0.0881. The Kier molecular flexibility index (Phi) is 1.57. The molecule has 1 aliphatic carbocycles. The minimum absolute atomic E-state index is 0.0687. The minimum Gasteiger partial charge on any atom is -0.381 e. The van der Waals surface area contributed by atoms with Crippen LogP contribution < -0.4 is 5.32 Å². The molecule has 78 valence electrons. The molecule has 0 amide bonds. The highest BCUT2D eigenvalue weighted by molar-refractivity contribution is 6.09. The molecule has 1 aromatic rings. The number of benzene rings is 1. The van der Waals surface area contributed by atoms with Gasteiger partial charge in [0.15, 0.2) is 5.78 Å².